The molecule has 138 valence electrons. The van der Waals surface area contributed by atoms with Crippen molar-refractivity contribution < 1.29 is 4.74 Å². The topological polar surface area (TPSA) is 12.5 Å². The summed E-state index contributed by atoms with van der Waals surface area (Å²) in [5, 5.41) is 0. The summed E-state index contributed by atoms with van der Waals surface area (Å²) in [6.07, 6.45) is 0. The molecule has 0 unspecified atom stereocenters. The van der Waals surface area contributed by atoms with Gasteiger partial charge >= 0.3 is 0 Å². The van der Waals surface area contributed by atoms with E-state index in [1.807, 2.05) is 40.7 Å². The fourth-order valence-corrected chi connectivity index (χ4v) is 3.50. The number of rotatable bonds is 5. The van der Waals surface area contributed by atoms with E-state index in [2.05, 4.69) is 66.7 Å². The molecule has 3 heteroatoms. The van der Waals surface area contributed by atoms with E-state index < -0.39 is 0 Å². The maximum atomic E-state index is 5.56. The third-order valence-electron chi connectivity index (χ3n) is 4.73. The van der Waals surface area contributed by atoms with Gasteiger partial charge in [0.25, 0.3) is 0 Å². The van der Waals surface area contributed by atoms with Crippen LogP contribution < -0.4 is 9.04 Å². The highest BCUT2D eigenvalue weighted by molar-refractivity contribution is 7.82. The molecule has 0 fully saturated rings. The van der Waals surface area contributed by atoms with Gasteiger partial charge in [0.05, 0.1) is 18.5 Å². The first-order chi connectivity index (χ1) is 13.8. The summed E-state index contributed by atoms with van der Waals surface area (Å²) in [5.41, 5.74) is 6.53. The van der Waals surface area contributed by atoms with Crippen molar-refractivity contribution in [3.05, 3.63) is 103 Å². The van der Waals surface area contributed by atoms with Crippen LogP contribution in [-0.2, 0) is 0 Å². The second-order valence-electron chi connectivity index (χ2n) is 6.48. The van der Waals surface area contributed by atoms with Crippen LogP contribution in [0.3, 0.4) is 0 Å². The van der Waals surface area contributed by atoms with Crippen LogP contribution in [0.5, 0.6) is 5.75 Å². The highest BCUT2D eigenvalue weighted by Gasteiger charge is 2.11. The minimum Gasteiger partial charge on any atom is -0.496 e. The second kappa shape index (κ2) is 8.24. The summed E-state index contributed by atoms with van der Waals surface area (Å²) in [7, 11) is 1.70. The molecular weight excluding hydrogens is 362 g/mol. The van der Waals surface area contributed by atoms with Gasteiger partial charge in [-0.25, -0.2) is 0 Å². The summed E-state index contributed by atoms with van der Waals surface area (Å²) in [6, 6.07) is 35.1. The van der Waals surface area contributed by atoms with E-state index in [1.54, 1.807) is 7.11 Å². The van der Waals surface area contributed by atoms with Crippen molar-refractivity contribution in [3.8, 4) is 28.0 Å². The van der Waals surface area contributed by atoms with E-state index in [4.69, 9.17) is 17.6 Å². The van der Waals surface area contributed by atoms with Crippen molar-refractivity contribution in [2.45, 2.75) is 0 Å². The van der Waals surface area contributed by atoms with Gasteiger partial charge in [0.2, 0.25) is 0 Å². The molecule has 0 bridgehead atoms. The Balaban J connectivity index is 1.65. The molecule has 0 N–H and O–H groups in total. The van der Waals surface area contributed by atoms with Gasteiger partial charge in [0.1, 0.15) is 5.75 Å². The lowest BCUT2D eigenvalue weighted by atomic mass is 10.0. The van der Waals surface area contributed by atoms with E-state index >= 15 is 0 Å². The Morgan fingerprint density at radius 3 is 1.75 bits per heavy atom. The van der Waals surface area contributed by atoms with Crippen LogP contribution in [0.2, 0.25) is 0 Å². The third-order valence-corrected chi connectivity index (χ3v) is 5.19. The molecule has 0 saturated heterocycles. The smallest absolute Gasteiger partial charge is 0.126 e. The SMILES string of the molecule is COc1ccc(N(S)c2ccc(-c3ccccc3)cc2)cc1-c1ccccc1. The molecule has 28 heavy (non-hydrogen) atoms. The van der Waals surface area contributed by atoms with E-state index in [0.29, 0.717) is 0 Å². The van der Waals surface area contributed by atoms with Crippen LogP contribution >= 0.6 is 12.8 Å². The van der Waals surface area contributed by atoms with Crippen LogP contribution in [0.1, 0.15) is 0 Å². The first-order valence-electron chi connectivity index (χ1n) is 9.14. The number of anilines is 2. The van der Waals surface area contributed by atoms with Crippen LogP contribution in [-0.4, -0.2) is 7.11 Å². The van der Waals surface area contributed by atoms with Gasteiger partial charge in [-0.05, 0) is 47.0 Å². The number of thiol groups is 1. The number of nitrogens with zero attached hydrogens (tertiary/aromatic N) is 1. The molecule has 0 aromatic heterocycles. The van der Waals surface area contributed by atoms with Gasteiger partial charge in [-0.2, -0.15) is 0 Å². The van der Waals surface area contributed by atoms with E-state index in [9.17, 15) is 0 Å². The normalized spacial score (nSPS) is 10.5. The largest absolute Gasteiger partial charge is 0.496 e. The van der Waals surface area contributed by atoms with E-state index in [-0.39, 0.29) is 0 Å². The molecule has 0 saturated carbocycles. The number of hydrogen-bond donors (Lipinski definition) is 1. The molecule has 0 aliphatic rings. The molecule has 0 aliphatic carbocycles. The minimum atomic E-state index is 0.844. The van der Waals surface area contributed by atoms with Crippen molar-refractivity contribution in [2.24, 2.45) is 0 Å². The molecule has 0 heterocycles. The van der Waals surface area contributed by atoms with Gasteiger partial charge in [0.15, 0.2) is 0 Å². The number of hydrogen-bond acceptors (Lipinski definition) is 3. The maximum Gasteiger partial charge on any atom is 0.126 e. The van der Waals surface area contributed by atoms with Gasteiger partial charge in [-0.15, -0.1) is 0 Å². The first-order valence-corrected chi connectivity index (χ1v) is 9.54. The van der Waals surface area contributed by atoms with Crippen LogP contribution in [0, 0.1) is 0 Å². The van der Waals surface area contributed by atoms with E-state index in [1.165, 1.54) is 11.1 Å². The molecule has 0 spiro atoms. The zero-order chi connectivity index (χ0) is 19.3. The zero-order valence-corrected chi connectivity index (χ0v) is 16.5. The molecule has 4 aromatic carbocycles. The minimum absolute atomic E-state index is 0.844. The molecule has 0 aliphatic heterocycles. The third kappa shape index (κ3) is 3.75. The molecule has 0 amide bonds. The van der Waals surface area contributed by atoms with Crippen molar-refractivity contribution in [3.63, 3.8) is 0 Å². The van der Waals surface area contributed by atoms with Crippen LogP contribution in [0.4, 0.5) is 11.4 Å². The summed E-state index contributed by atoms with van der Waals surface area (Å²) in [5.74, 6) is 0.844. The number of methoxy groups -OCH3 is 1. The fourth-order valence-electron chi connectivity index (χ4n) is 3.25. The van der Waals surface area contributed by atoms with Crippen molar-refractivity contribution in [1.82, 2.24) is 0 Å². The molecule has 0 radical (unpaired) electrons. The van der Waals surface area contributed by atoms with Crippen LogP contribution in [0.15, 0.2) is 103 Å². The van der Waals surface area contributed by atoms with Gasteiger partial charge in [0, 0.05) is 5.56 Å². The Morgan fingerprint density at radius 1 is 0.607 bits per heavy atom. The van der Waals surface area contributed by atoms with Gasteiger partial charge in [-0.1, -0.05) is 85.6 Å². The molecule has 0 atom stereocenters. The summed E-state index contributed by atoms with van der Waals surface area (Å²) >= 11 is 4.75. The fraction of sp³-hybridized carbons (Fsp3) is 0.0400. The Kier molecular flexibility index (Phi) is 5.36. The lowest BCUT2D eigenvalue weighted by molar-refractivity contribution is 0.416. The predicted molar refractivity (Wildman–Crippen MR) is 121 cm³/mol. The summed E-state index contributed by atoms with van der Waals surface area (Å²) < 4.78 is 7.45. The lowest BCUT2D eigenvalue weighted by Gasteiger charge is -2.20. The van der Waals surface area contributed by atoms with Gasteiger partial charge < -0.3 is 4.74 Å². The zero-order valence-electron chi connectivity index (χ0n) is 15.6. The molecule has 4 rings (SSSR count). The summed E-state index contributed by atoms with van der Waals surface area (Å²) in [4.78, 5) is 0. The second-order valence-corrected chi connectivity index (χ2v) is 6.88. The summed E-state index contributed by atoms with van der Waals surface area (Å²) in [6.45, 7) is 0. The highest BCUT2D eigenvalue weighted by Crippen LogP contribution is 2.37. The maximum absolute atomic E-state index is 5.56. The average molecular weight is 384 g/mol. The standard InChI is InChI=1S/C25H21NOS/c1-27-25-17-16-23(18-24(25)21-10-6-3-7-11-21)26(28)22-14-12-20(13-15-22)19-8-4-2-5-9-19/h2-18,28H,1H3. The highest BCUT2D eigenvalue weighted by atomic mass is 32.1. The number of ether oxygens (including phenoxy) is 1. The quantitative estimate of drug-likeness (QED) is 0.372. The predicted octanol–water partition coefficient (Wildman–Crippen LogP) is 7.01. The van der Waals surface area contributed by atoms with Crippen LogP contribution in [0.25, 0.3) is 22.3 Å². The average Bonchev–Trinajstić information content (AvgIpc) is 2.79. The molecule has 2 nitrogen and oxygen atoms in total. The monoisotopic (exact) mass is 383 g/mol. The number of benzene rings is 4. The van der Waals surface area contributed by atoms with Crippen molar-refractivity contribution >= 4 is 24.2 Å². The van der Waals surface area contributed by atoms with E-state index in [0.717, 1.165) is 28.3 Å². The molecule has 4 aromatic rings. The Labute approximate surface area is 171 Å². The van der Waals surface area contributed by atoms with Gasteiger partial charge in [-0.3, -0.25) is 4.31 Å². The van der Waals surface area contributed by atoms with Crippen molar-refractivity contribution in [1.29, 1.82) is 0 Å². The molecular formula is C25H21NOS. The Morgan fingerprint density at radius 2 is 1.14 bits per heavy atom. The van der Waals surface area contributed by atoms with Crippen molar-refractivity contribution in [2.75, 3.05) is 11.4 Å². The lowest BCUT2D eigenvalue weighted by Crippen LogP contribution is -2.02. The Hall–Kier alpha value is -3.17. The first kappa shape index (κ1) is 18.2. The Bertz CT molecular complexity index is 1050.